The number of carbonyl (C=O) groups excluding carboxylic acids is 1. The van der Waals surface area contributed by atoms with E-state index in [1.807, 2.05) is 36.4 Å². The van der Waals surface area contributed by atoms with E-state index in [1.54, 1.807) is 6.08 Å². The highest BCUT2D eigenvalue weighted by molar-refractivity contribution is 5.71. The van der Waals surface area contributed by atoms with Crippen molar-refractivity contribution in [2.75, 3.05) is 13.2 Å². The average Bonchev–Trinajstić information content (AvgIpc) is 2.25. The third-order valence-electron chi connectivity index (χ3n) is 1.62. The quantitative estimate of drug-likeness (QED) is 0.727. The standard InChI is InChI=1S/C11H13NO2/c12-9-11(13)14-8-4-7-10-5-2-1-3-6-10/h1-7H,8-9,12H2. The number of benzene rings is 1. The number of esters is 1. The van der Waals surface area contributed by atoms with Gasteiger partial charge in [-0.3, -0.25) is 4.79 Å². The molecule has 1 rings (SSSR count). The molecule has 2 N–H and O–H groups in total. The van der Waals surface area contributed by atoms with Gasteiger partial charge in [0.2, 0.25) is 0 Å². The number of rotatable bonds is 4. The Bertz CT molecular complexity index is 306. The van der Waals surface area contributed by atoms with E-state index in [0.29, 0.717) is 0 Å². The summed E-state index contributed by atoms with van der Waals surface area (Å²) in [5, 5.41) is 0. The minimum Gasteiger partial charge on any atom is -0.460 e. The maximum atomic E-state index is 10.6. The van der Waals surface area contributed by atoms with E-state index in [-0.39, 0.29) is 19.1 Å². The first-order valence-corrected chi connectivity index (χ1v) is 4.40. The zero-order valence-corrected chi connectivity index (χ0v) is 7.85. The van der Waals surface area contributed by atoms with Crippen molar-refractivity contribution in [2.24, 2.45) is 5.73 Å². The maximum Gasteiger partial charge on any atom is 0.320 e. The van der Waals surface area contributed by atoms with Gasteiger partial charge in [-0.1, -0.05) is 36.4 Å². The van der Waals surface area contributed by atoms with Gasteiger partial charge >= 0.3 is 5.97 Å². The van der Waals surface area contributed by atoms with E-state index >= 15 is 0 Å². The summed E-state index contributed by atoms with van der Waals surface area (Å²) in [6.45, 7) is 0.199. The first kappa shape index (κ1) is 10.5. The normalized spacial score (nSPS) is 10.4. The zero-order valence-electron chi connectivity index (χ0n) is 7.85. The Morgan fingerprint density at radius 2 is 2.07 bits per heavy atom. The first-order chi connectivity index (χ1) is 6.83. The lowest BCUT2D eigenvalue weighted by Gasteiger charge is -1.97. The summed E-state index contributed by atoms with van der Waals surface area (Å²) in [4.78, 5) is 10.6. The molecule has 0 spiro atoms. The summed E-state index contributed by atoms with van der Waals surface area (Å²) in [6, 6.07) is 9.80. The molecule has 0 aromatic heterocycles. The fourth-order valence-corrected chi connectivity index (χ4v) is 0.948. The molecule has 14 heavy (non-hydrogen) atoms. The van der Waals surface area contributed by atoms with Gasteiger partial charge in [-0.25, -0.2) is 0 Å². The average molecular weight is 191 g/mol. The molecule has 0 bridgehead atoms. The Kier molecular flexibility index (Phi) is 4.44. The van der Waals surface area contributed by atoms with Crippen LogP contribution < -0.4 is 5.73 Å². The summed E-state index contributed by atoms with van der Waals surface area (Å²) in [5.74, 6) is -0.386. The molecular formula is C11H13NO2. The van der Waals surface area contributed by atoms with Gasteiger partial charge in [0, 0.05) is 0 Å². The van der Waals surface area contributed by atoms with Crippen LogP contribution in [0.2, 0.25) is 0 Å². The number of carbonyl (C=O) groups is 1. The van der Waals surface area contributed by atoms with Gasteiger partial charge in [0.25, 0.3) is 0 Å². The Morgan fingerprint density at radius 3 is 2.71 bits per heavy atom. The summed E-state index contributed by atoms with van der Waals surface area (Å²) in [6.07, 6.45) is 3.67. The van der Waals surface area contributed by atoms with Gasteiger partial charge in [0.15, 0.2) is 0 Å². The van der Waals surface area contributed by atoms with E-state index in [1.165, 1.54) is 0 Å². The van der Waals surface area contributed by atoms with Crippen LogP contribution in [0.1, 0.15) is 5.56 Å². The summed E-state index contributed by atoms with van der Waals surface area (Å²) in [5.41, 5.74) is 6.15. The second-order valence-electron chi connectivity index (χ2n) is 2.70. The SMILES string of the molecule is NCC(=O)OCC=Cc1ccccc1. The van der Waals surface area contributed by atoms with E-state index in [4.69, 9.17) is 10.5 Å². The molecule has 0 amide bonds. The molecule has 0 saturated heterocycles. The van der Waals surface area contributed by atoms with Crippen molar-refractivity contribution < 1.29 is 9.53 Å². The van der Waals surface area contributed by atoms with Crippen LogP contribution in [-0.2, 0) is 9.53 Å². The van der Waals surface area contributed by atoms with Crippen LogP contribution in [0.15, 0.2) is 36.4 Å². The number of hydrogen-bond acceptors (Lipinski definition) is 3. The largest absolute Gasteiger partial charge is 0.460 e. The van der Waals surface area contributed by atoms with E-state index in [2.05, 4.69) is 0 Å². The Labute approximate surface area is 83.2 Å². The highest BCUT2D eigenvalue weighted by atomic mass is 16.5. The van der Waals surface area contributed by atoms with Crippen LogP contribution in [0.5, 0.6) is 0 Å². The predicted molar refractivity (Wildman–Crippen MR) is 55.5 cm³/mol. The third-order valence-corrected chi connectivity index (χ3v) is 1.62. The molecule has 0 atom stereocenters. The summed E-state index contributed by atoms with van der Waals surface area (Å²) in [7, 11) is 0. The lowest BCUT2D eigenvalue weighted by Crippen LogP contribution is -2.16. The molecule has 3 heteroatoms. The smallest absolute Gasteiger partial charge is 0.320 e. The van der Waals surface area contributed by atoms with Crippen LogP contribution >= 0.6 is 0 Å². The molecule has 0 fully saturated rings. The van der Waals surface area contributed by atoms with Crippen molar-refractivity contribution in [3.8, 4) is 0 Å². The van der Waals surface area contributed by atoms with Crippen molar-refractivity contribution in [3.63, 3.8) is 0 Å². The molecule has 74 valence electrons. The van der Waals surface area contributed by atoms with Gasteiger partial charge in [-0.05, 0) is 11.6 Å². The van der Waals surface area contributed by atoms with Crippen molar-refractivity contribution in [1.29, 1.82) is 0 Å². The van der Waals surface area contributed by atoms with Crippen LogP contribution in [0.4, 0.5) is 0 Å². The van der Waals surface area contributed by atoms with Crippen LogP contribution in [-0.4, -0.2) is 19.1 Å². The lowest BCUT2D eigenvalue weighted by molar-refractivity contribution is -0.140. The van der Waals surface area contributed by atoms with Crippen LogP contribution in [0.25, 0.3) is 6.08 Å². The highest BCUT2D eigenvalue weighted by Crippen LogP contribution is 2.00. The highest BCUT2D eigenvalue weighted by Gasteiger charge is 1.93. The Hall–Kier alpha value is -1.61. The maximum absolute atomic E-state index is 10.6. The van der Waals surface area contributed by atoms with E-state index in [9.17, 15) is 4.79 Å². The second kappa shape index (κ2) is 5.94. The number of hydrogen-bond donors (Lipinski definition) is 1. The second-order valence-corrected chi connectivity index (χ2v) is 2.70. The molecule has 1 aromatic rings. The number of nitrogens with two attached hydrogens (primary N) is 1. The predicted octanol–water partition coefficient (Wildman–Crippen LogP) is 1.20. The van der Waals surface area contributed by atoms with Gasteiger partial charge in [-0.2, -0.15) is 0 Å². The third kappa shape index (κ3) is 3.87. The first-order valence-electron chi connectivity index (χ1n) is 4.40. The topological polar surface area (TPSA) is 52.3 Å². The summed E-state index contributed by atoms with van der Waals surface area (Å²) >= 11 is 0. The Balaban J connectivity index is 2.31. The van der Waals surface area contributed by atoms with Gasteiger partial charge < -0.3 is 10.5 Å². The lowest BCUT2D eigenvalue weighted by atomic mass is 10.2. The monoisotopic (exact) mass is 191 g/mol. The molecular weight excluding hydrogens is 178 g/mol. The molecule has 0 unspecified atom stereocenters. The Morgan fingerprint density at radius 1 is 1.36 bits per heavy atom. The molecule has 0 aliphatic rings. The van der Waals surface area contributed by atoms with Crippen molar-refractivity contribution >= 4 is 12.0 Å². The molecule has 0 aliphatic heterocycles. The van der Waals surface area contributed by atoms with E-state index in [0.717, 1.165) is 5.56 Å². The minimum atomic E-state index is -0.386. The zero-order chi connectivity index (χ0) is 10.2. The van der Waals surface area contributed by atoms with Crippen molar-refractivity contribution in [2.45, 2.75) is 0 Å². The fraction of sp³-hybridized carbons (Fsp3) is 0.182. The van der Waals surface area contributed by atoms with Gasteiger partial charge in [0.05, 0.1) is 6.54 Å². The van der Waals surface area contributed by atoms with E-state index < -0.39 is 0 Å². The van der Waals surface area contributed by atoms with Crippen molar-refractivity contribution in [3.05, 3.63) is 42.0 Å². The van der Waals surface area contributed by atoms with Gasteiger partial charge in [0.1, 0.15) is 6.61 Å². The molecule has 0 aliphatic carbocycles. The van der Waals surface area contributed by atoms with Gasteiger partial charge in [-0.15, -0.1) is 0 Å². The van der Waals surface area contributed by atoms with Crippen LogP contribution in [0.3, 0.4) is 0 Å². The van der Waals surface area contributed by atoms with Crippen LogP contribution in [0, 0.1) is 0 Å². The fourth-order valence-electron chi connectivity index (χ4n) is 0.948. The molecule has 0 radical (unpaired) electrons. The minimum absolute atomic E-state index is 0.0703. The molecule has 0 saturated carbocycles. The molecule has 0 heterocycles. The number of ether oxygens (including phenoxy) is 1. The molecule has 3 nitrogen and oxygen atoms in total. The van der Waals surface area contributed by atoms with Crippen molar-refractivity contribution in [1.82, 2.24) is 0 Å². The summed E-state index contributed by atoms with van der Waals surface area (Å²) < 4.78 is 4.76. The molecule has 1 aromatic carbocycles.